The van der Waals surface area contributed by atoms with Gasteiger partial charge in [-0.1, -0.05) is 135 Å². The second-order valence-electron chi connectivity index (χ2n) is 14.1. The zero-order valence-corrected chi connectivity index (χ0v) is 29.0. The van der Waals surface area contributed by atoms with Crippen molar-refractivity contribution in [2.45, 2.75) is 19.3 Å². The van der Waals surface area contributed by atoms with E-state index in [0.29, 0.717) is 0 Å². The number of hydrogen-bond acceptors (Lipinski definition) is 3. The minimum absolute atomic E-state index is 0.158. The number of nitrogens with zero attached hydrogens (tertiary/aromatic N) is 3. The average molecular weight is 670 g/mol. The van der Waals surface area contributed by atoms with Gasteiger partial charge in [-0.05, 0) is 47.0 Å². The summed E-state index contributed by atoms with van der Waals surface area (Å²) in [6.45, 7) is 4.81. The lowest BCUT2D eigenvalue weighted by Gasteiger charge is -2.22. The number of fused-ring (bicyclic) bond motifs is 13. The Bertz CT molecular complexity index is 3060. The van der Waals surface area contributed by atoms with E-state index in [1.54, 1.807) is 0 Å². The molecule has 3 nitrogen and oxygen atoms in total. The topological polar surface area (TPSA) is 30.7 Å². The van der Waals surface area contributed by atoms with Crippen LogP contribution in [0.3, 0.4) is 0 Å². The smallest absolute Gasteiger partial charge is 0.160 e. The molecule has 0 spiro atoms. The van der Waals surface area contributed by atoms with Crippen LogP contribution in [0, 0.1) is 0 Å². The Morgan fingerprint density at radius 3 is 2.18 bits per heavy atom. The van der Waals surface area contributed by atoms with Crippen LogP contribution < -0.4 is 0 Å². The molecule has 11 rings (SSSR count). The molecular weight excluding hydrogens is 639 g/mol. The van der Waals surface area contributed by atoms with Gasteiger partial charge >= 0.3 is 0 Å². The summed E-state index contributed by atoms with van der Waals surface area (Å²) in [6.07, 6.45) is 0. The summed E-state index contributed by atoms with van der Waals surface area (Å²) in [5.41, 5.74) is 12.8. The molecule has 10 aromatic rings. The van der Waals surface area contributed by atoms with E-state index in [0.717, 1.165) is 39.2 Å². The van der Waals surface area contributed by atoms with Crippen molar-refractivity contribution in [2.24, 2.45) is 0 Å². The van der Waals surface area contributed by atoms with Crippen molar-refractivity contribution in [2.75, 3.05) is 0 Å². The number of thiophene rings is 1. The Balaban J connectivity index is 1.27. The molecule has 3 aromatic heterocycles. The number of para-hydroxylation sites is 2. The highest BCUT2D eigenvalue weighted by molar-refractivity contribution is 7.26. The van der Waals surface area contributed by atoms with Crippen molar-refractivity contribution in [1.82, 2.24) is 14.5 Å². The van der Waals surface area contributed by atoms with E-state index in [4.69, 9.17) is 9.97 Å². The summed E-state index contributed by atoms with van der Waals surface area (Å²) < 4.78 is 5.24. The Morgan fingerprint density at radius 2 is 1.29 bits per heavy atom. The third-order valence-corrected chi connectivity index (χ3v) is 12.1. The van der Waals surface area contributed by atoms with Crippen LogP contribution in [0.5, 0.6) is 0 Å². The van der Waals surface area contributed by atoms with Gasteiger partial charge in [-0.2, -0.15) is 0 Å². The molecule has 0 radical (unpaired) electrons. The minimum atomic E-state index is -0.158. The standard InChI is InChI=1S/C47H31N3S/c1-47(2)35-23-10-6-19-31(35)41-42(47)45-40(34-22-9-13-26-38(34)51-45)39-33-21-8-12-25-37(33)50(44(39)41)30-18-14-17-29(27-30)46-48-36-24-11-7-20-32(36)43(49-46)28-15-4-3-5-16-28/h3-27H,1-2H3. The quantitative estimate of drug-likeness (QED) is 0.187. The van der Waals surface area contributed by atoms with Gasteiger partial charge in [0.05, 0.1) is 22.2 Å². The molecule has 0 atom stereocenters. The monoisotopic (exact) mass is 669 g/mol. The molecule has 0 saturated heterocycles. The molecule has 1 aliphatic rings. The molecule has 0 saturated carbocycles. The van der Waals surface area contributed by atoms with E-state index in [-0.39, 0.29) is 5.41 Å². The first-order valence-electron chi connectivity index (χ1n) is 17.5. The Hall–Kier alpha value is -6.10. The van der Waals surface area contributed by atoms with Crippen LogP contribution in [0.25, 0.3) is 92.3 Å². The first-order chi connectivity index (χ1) is 25.1. The fourth-order valence-corrected chi connectivity index (χ4v) is 10.2. The molecule has 0 bridgehead atoms. The lowest BCUT2D eigenvalue weighted by molar-refractivity contribution is 0.667. The van der Waals surface area contributed by atoms with Gasteiger partial charge in [-0.3, -0.25) is 0 Å². The maximum Gasteiger partial charge on any atom is 0.160 e. The van der Waals surface area contributed by atoms with Crippen molar-refractivity contribution >= 4 is 64.2 Å². The van der Waals surface area contributed by atoms with Crippen molar-refractivity contribution in [3.05, 3.63) is 163 Å². The van der Waals surface area contributed by atoms with Crippen molar-refractivity contribution in [3.8, 4) is 39.5 Å². The molecule has 3 heterocycles. The van der Waals surface area contributed by atoms with Crippen molar-refractivity contribution in [3.63, 3.8) is 0 Å². The Kier molecular flexibility index (Phi) is 5.89. The van der Waals surface area contributed by atoms with Crippen LogP contribution in [-0.2, 0) is 5.41 Å². The van der Waals surface area contributed by atoms with E-state index < -0.39 is 0 Å². The third kappa shape index (κ3) is 3.94. The lowest BCUT2D eigenvalue weighted by Crippen LogP contribution is -2.15. The molecule has 51 heavy (non-hydrogen) atoms. The first-order valence-corrected chi connectivity index (χ1v) is 18.3. The molecule has 0 unspecified atom stereocenters. The average Bonchev–Trinajstić information content (AvgIpc) is 3.80. The summed E-state index contributed by atoms with van der Waals surface area (Å²) in [5.74, 6) is 0.720. The van der Waals surface area contributed by atoms with Crippen LogP contribution in [0.4, 0.5) is 0 Å². The highest BCUT2D eigenvalue weighted by Gasteiger charge is 2.40. The van der Waals surface area contributed by atoms with Gasteiger partial charge in [-0.25, -0.2) is 9.97 Å². The highest BCUT2D eigenvalue weighted by atomic mass is 32.1. The first kappa shape index (κ1) is 28.7. The number of aromatic nitrogens is 3. The molecule has 0 fully saturated rings. The van der Waals surface area contributed by atoms with Gasteiger partial charge in [-0.15, -0.1) is 11.3 Å². The summed E-state index contributed by atoms with van der Waals surface area (Å²) in [4.78, 5) is 10.4. The predicted octanol–water partition coefficient (Wildman–Crippen LogP) is 12.7. The van der Waals surface area contributed by atoms with Gasteiger partial charge in [0.2, 0.25) is 0 Å². The van der Waals surface area contributed by atoms with Gasteiger partial charge in [0.15, 0.2) is 5.82 Å². The largest absolute Gasteiger partial charge is 0.309 e. The lowest BCUT2D eigenvalue weighted by atomic mass is 9.81. The molecule has 7 aromatic carbocycles. The molecule has 1 aliphatic carbocycles. The second-order valence-corrected chi connectivity index (χ2v) is 15.2. The number of benzene rings is 7. The molecular formula is C47H31N3S. The van der Waals surface area contributed by atoms with Crippen LogP contribution in [0.2, 0.25) is 0 Å². The van der Waals surface area contributed by atoms with Crippen LogP contribution >= 0.6 is 11.3 Å². The summed E-state index contributed by atoms with van der Waals surface area (Å²) >= 11 is 1.94. The third-order valence-electron chi connectivity index (χ3n) is 10.9. The number of rotatable bonds is 3. The van der Waals surface area contributed by atoms with E-state index in [9.17, 15) is 0 Å². The Labute approximate surface area is 299 Å². The predicted molar refractivity (Wildman–Crippen MR) is 215 cm³/mol. The minimum Gasteiger partial charge on any atom is -0.309 e. The van der Waals surface area contributed by atoms with Gasteiger partial charge < -0.3 is 4.57 Å². The zero-order valence-electron chi connectivity index (χ0n) is 28.2. The van der Waals surface area contributed by atoms with Gasteiger partial charge in [0.1, 0.15) is 0 Å². The van der Waals surface area contributed by atoms with Crippen molar-refractivity contribution in [1.29, 1.82) is 0 Å². The normalized spacial score (nSPS) is 13.5. The summed E-state index contributed by atoms with van der Waals surface area (Å²) in [6, 6.07) is 54.5. The molecule has 0 amide bonds. The fraction of sp³-hybridized carbons (Fsp3) is 0.0638. The van der Waals surface area contributed by atoms with E-state index >= 15 is 0 Å². The van der Waals surface area contributed by atoms with Gasteiger partial charge in [0.25, 0.3) is 0 Å². The summed E-state index contributed by atoms with van der Waals surface area (Å²) in [5, 5.41) is 6.33. The van der Waals surface area contributed by atoms with E-state index in [1.165, 1.54) is 64.2 Å². The van der Waals surface area contributed by atoms with Gasteiger partial charge in [0, 0.05) is 64.1 Å². The highest BCUT2D eigenvalue weighted by Crippen LogP contribution is 2.58. The maximum absolute atomic E-state index is 5.24. The van der Waals surface area contributed by atoms with Crippen LogP contribution in [-0.4, -0.2) is 14.5 Å². The van der Waals surface area contributed by atoms with Crippen LogP contribution in [0.1, 0.15) is 25.0 Å². The maximum atomic E-state index is 5.24. The number of hydrogen-bond donors (Lipinski definition) is 0. The van der Waals surface area contributed by atoms with Crippen molar-refractivity contribution < 1.29 is 0 Å². The zero-order chi connectivity index (χ0) is 33.8. The SMILES string of the molecule is CC1(C)c2ccccc2-c2c1c1sc3ccccc3c1c1c3ccccc3n(-c3cccc(-c4nc(-c5ccccc5)c5ccccc5n4)c3)c21. The molecule has 0 aliphatic heterocycles. The van der Waals surface area contributed by atoms with E-state index in [1.807, 2.05) is 17.4 Å². The molecule has 0 N–H and O–H groups in total. The second kappa shape index (κ2) is 10.5. The van der Waals surface area contributed by atoms with E-state index in [2.05, 4.69) is 164 Å². The van der Waals surface area contributed by atoms with Crippen LogP contribution in [0.15, 0.2) is 152 Å². The molecule has 240 valence electrons. The fourth-order valence-electron chi connectivity index (χ4n) is 8.74. The summed E-state index contributed by atoms with van der Waals surface area (Å²) in [7, 11) is 0. The molecule has 4 heteroatoms. The Morgan fingerprint density at radius 1 is 0.588 bits per heavy atom.